The fraction of sp³-hybridized carbons (Fsp3) is 0.0833. The van der Waals surface area contributed by atoms with Crippen molar-refractivity contribution in [2.24, 2.45) is 0 Å². The molecule has 0 unspecified atom stereocenters. The fourth-order valence-electron chi connectivity index (χ4n) is 2.93. The van der Waals surface area contributed by atoms with Gasteiger partial charge in [0.05, 0.1) is 11.4 Å². The van der Waals surface area contributed by atoms with Crippen molar-refractivity contribution >= 4 is 52.0 Å². The Kier molecular flexibility index (Phi) is 6.19. The molecule has 0 N–H and O–H groups in total. The highest BCUT2D eigenvalue weighted by molar-refractivity contribution is 8.26. The number of benzene rings is 3. The second kappa shape index (κ2) is 8.99. The summed E-state index contributed by atoms with van der Waals surface area (Å²) in [5.41, 5.74) is 3.33. The maximum absolute atomic E-state index is 12.8. The maximum Gasteiger partial charge on any atom is 0.266 e. The van der Waals surface area contributed by atoms with Gasteiger partial charge in [-0.2, -0.15) is 0 Å². The lowest BCUT2D eigenvalue weighted by molar-refractivity contribution is -0.122. The molecule has 1 heterocycles. The van der Waals surface area contributed by atoms with Crippen LogP contribution in [0.15, 0.2) is 93.6 Å². The Bertz CT molecular complexity index is 1060. The average molecular weight is 434 g/mol. The summed E-state index contributed by atoms with van der Waals surface area (Å²) in [7, 11) is 0. The topological polar surface area (TPSA) is 20.3 Å². The first-order valence-corrected chi connectivity index (χ1v) is 11.3. The Morgan fingerprint density at radius 3 is 2.21 bits per heavy atom. The summed E-state index contributed by atoms with van der Waals surface area (Å²) in [5, 5.41) is 0. The zero-order valence-electron chi connectivity index (χ0n) is 15.9. The van der Waals surface area contributed by atoms with Crippen LogP contribution in [0.4, 0.5) is 0 Å². The number of aryl methyl sites for hydroxylation is 1. The highest BCUT2D eigenvalue weighted by Crippen LogP contribution is 2.34. The van der Waals surface area contributed by atoms with E-state index >= 15 is 0 Å². The minimum atomic E-state index is -0.0260. The molecule has 0 spiro atoms. The summed E-state index contributed by atoms with van der Waals surface area (Å²) in [4.78, 5) is 17.5. The van der Waals surface area contributed by atoms with Crippen LogP contribution in [0.3, 0.4) is 0 Å². The molecule has 0 radical (unpaired) electrons. The van der Waals surface area contributed by atoms with E-state index in [9.17, 15) is 4.79 Å². The molecule has 1 aliphatic heterocycles. The first kappa shape index (κ1) is 20.0. The van der Waals surface area contributed by atoms with Gasteiger partial charge in [-0.3, -0.25) is 9.69 Å². The van der Waals surface area contributed by atoms with E-state index in [1.165, 1.54) is 27.1 Å². The Morgan fingerprint density at radius 2 is 1.55 bits per heavy atom. The third-order valence-corrected chi connectivity index (χ3v) is 6.89. The summed E-state index contributed by atoms with van der Waals surface area (Å²) in [6.45, 7) is 2.60. The van der Waals surface area contributed by atoms with E-state index in [0.717, 1.165) is 11.1 Å². The SMILES string of the molecule is Cc1ccc(Sc2ccc(/C=C3/SC(=S)N(Cc4ccccc4)C3=O)cc2)cc1. The van der Waals surface area contributed by atoms with Crippen LogP contribution < -0.4 is 0 Å². The lowest BCUT2D eigenvalue weighted by Gasteiger charge is -2.14. The van der Waals surface area contributed by atoms with Gasteiger partial charge in [-0.05, 0) is 48.4 Å². The van der Waals surface area contributed by atoms with Gasteiger partial charge in [0.15, 0.2) is 0 Å². The van der Waals surface area contributed by atoms with E-state index < -0.39 is 0 Å². The van der Waals surface area contributed by atoms with Crippen molar-refractivity contribution in [3.63, 3.8) is 0 Å². The Balaban J connectivity index is 1.45. The quantitative estimate of drug-likeness (QED) is 0.336. The molecule has 1 amide bonds. The first-order valence-electron chi connectivity index (χ1n) is 9.22. The van der Waals surface area contributed by atoms with Gasteiger partial charge >= 0.3 is 0 Å². The molecule has 1 fully saturated rings. The van der Waals surface area contributed by atoms with Gasteiger partial charge in [-0.25, -0.2) is 0 Å². The Morgan fingerprint density at radius 1 is 0.931 bits per heavy atom. The number of thiocarbonyl (C=S) groups is 1. The number of thioether (sulfide) groups is 1. The van der Waals surface area contributed by atoms with E-state index in [2.05, 4.69) is 43.3 Å². The van der Waals surface area contributed by atoms with Crippen molar-refractivity contribution in [2.75, 3.05) is 0 Å². The van der Waals surface area contributed by atoms with E-state index in [0.29, 0.717) is 15.8 Å². The second-order valence-electron chi connectivity index (χ2n) is 6.74. The molecule has 0 aliphatic carbocycles. The zero-order valence-corrected chi connectivity index (χ0v) is 18.3. The van der Waals surface area contributed by atoms with Crippen LogP contribution in [0, 0.1) is 6.92 Å². The molecule has 0 saturated carbocycles. The van der Waals surface area contributed by atoms with Crippen LogP contribution >= 0.6 is 35.7 Å². The summed E-state index contributed by atoms with van der Waals surface area (Å²) in [6, 6.07) is 26.7. The van der Waals surface area contributed by atoms with E-state index in [4.69, 9.17) is 12.2 Å². The van der Waals surface area contributed by atoms with Crippen molar-refractivity contribution in [3.8, 4) is 0 Å². The highest BCUT2D eigenvalue weighted by atomic mass is 32.2. The lowest BCUT2D eigenvalue weighted by Crippen LogP contribution is -2.27. The van der Waals surface area contributed by atoms with Crippen LogP contribution in [0.5, 0.6) is 0 Å². The number of nitrogens with zero attached hydrogens (tertiary/aromatic N) is 1. The van der Waals surface area contributed by atoms with Crippen molar-refractivity contribution < 1.29 is 4.79 Å². The minimum absolute atomic E-state index is 0.0260. The normalized spacial score (nSPS) is 15.3. The van der Waals surface area contributed by atoms with E-state index in [1.807, 2.05) is 48.5 Å². The van der Waals surface area contributed by atoms with Crippen molar-refractivity contribution in [3.05, 3.63) is 100 Å². The lowest BCUT2D eigenvalue weighted by atomic mass is 10.2. The smallest absolute Gasteiger partial charge is 0.266 e. The second-order valence-corrected chi connectivity index (χ2v) is 9.56. The fourth-order valence-corrected chi connectivity index (χ4v) is 5.00. The molecule has 0 bridgehead atoms. The summed E-state index contributed by atoms with van der Waals surface area (Å²) < 4.78 is 0.608. The van der Waals surface area contributed by atoms with Gasteiger partial charge in [0.1, 0.15) is 4.32 Å². The van der Waals surface area contributed by atoms with Gasteiger partial charge in [0, 0.05) is 9.79 Å². The average Bonchev–Trinajstić information content (AvgIpc) is 2.99. The van der Waals surface area contributed by atoms with Crippen LogP contribution in [0.2, 0.25) is 0 Å². The summed E-state index contributed by atoms with van der Waals surface area (Å²) >= 11 is 8.53. The molecule has 0 aromatic heterocycles. The molecule has 144 valence electrons. The van der Waals surface area contributed by atoms with Gasteiger partial charge in [-0.15, -0.1) is 0 Å². The third-order valence-electron chi connectivity index (χ3n) is 4.49. The Hall–Kier alpha value is -2.34. The number of rotatable bonds is 5. The molecule has 2 nitrogen and oxygen atoms in total. The number of amides is 1. The number of hydrogen-bond acceptors (Lipinski definition) is 4. The van der Waals surface area contributed by atoms with Crippen molar-refractivity contribution in [2.45, 2.75) is 23.3 Å². The number of carbonyl (C=O) groups is 1. The first-order chi connectivity index (χ1) is 14.1. The molecule has 1 aliphatic rings. The molecular weight excluding hydrogens is 414 g/mol. The third kappa shape index (κ3) is 4.99. The van der Waals surface area contributed by atoms with E-state index in [1.54, 1.807) is 16.7 Å². The van der Waals surface area contributed by atoms with Gasteiger partial charge < -0.3 is 0 Å². The molecular formula is C24H19NOS3. The summed E-state index contributed by atoms with van der Waals surface area (Å²) in [6.07, 6.45) is 1.92. The number of hydrogen-bond donors (Lipinski definition) is 0. The minimum Gasteiger partial charge on any atom is -0.288 e. The molecule has 29 heavy (non-hydrogen) atoms. The van der Waals surface area contributed by atoms with Crippen molar-refractivity contribution in [1.82, 2.24) is 4.90 Å². The largest absolute Gasteiger partial charge is 0.288 e. The Labute approximate surface area is 185 Å². The molecule has 1 saturated heterocycles. The monoisotopic (exact) mass is 433 g/mol. The molecule has 3 aromatic carbocycles. The van der Waals surface area contributed by atoms with Gasteiger partial charge in [-0.1, -0.05) is 95.9 Å². The van der Waals surface area contributed by atoms with Crippen LogP contribution in [0.1, 0.15) is 16.7 Å². The predicted octanol–water partition coefficient (Wildman–Crippen LogP) is 6.55. The van der Waals surface area contributed by atoms with Gasteiger partial charge in [0.2, 0.25) is 0 Å². The van der Waals surface area contributed by atoms with E-state index in [-0.39, 0.29) is 5.91 Å². The standard InChI is InChI=1S/C24H19NOS3/c1-17-7-11-20(12-8-17)28-21-13-9-18(10-14-21)15-22-23(26)25(24(27)29-22)16-19-5-3-2-4-6-19/h2-15H,16H2,1H3/b22-15+. The zero-order chi connectivity index (χ0) is 20.2. The van der Waals surface area contributed by atoms with Crippen LogP contribution in [0.25, 0.3) is 6.08 Å². The highest BCUT2D eigenvalue weighted by Gasteiger charge is 2.31. The molecule has 0 atom stereocenters. The molecule has 4 rings (SSSR count). The van der Waals surface area contributed by atoms with Crippen molar-refractivity contribution in [1.29, 1.82) is 0 Å². The van der Waals surface area contributed by atoms with Crippen LogP contribution in [-0.2, 0) is 11.3 Å². The summed E-state index contributed by atoms with van der Waals surface area (Å²) in [5.74, 6) is -0.0260. The molecule has 3 aromatic rings. The number of carbonyl (C=O) groups excluding carboxylic acids is 1. The molecule has 5 heteroatoms. The van der Waals surface area contributed by atoms with Gasteiger partial charge in [0.25, 0.3) is 5.91 Å². The predicted molar refractivity (Wildman–Crippen MR) is 127 cm³/mol. The maximum atomic E-state index is 12.8. The van der Waals surface area contributed by atoms with Crippen LogP contribution in [-0.4, -0.2) is 15.1 Å².